The van der Waals surface area contributed by atoms with Crippen LogP contribution in [0.2, 0.25) is 0 Å². The summed E-state index contributed by atoms with van der Waals surface area (Å²) in [5.41, 5.74) is 16.8. The molecule has 0 bridgehead atoms. The highest BCUT2D eigenvalue weighted by molar-refractivity contribution is 6.10. The van der Waals surface area contributed by atoms with Crippen molar-refractivity contribution in [1.82, 2.24) is 14.5 Å². The fourth-order valence-electron chi connectivity index (χ4n) is 8.22. The summed E-state index contributed by atoms with van der Waals surface area (Å²) in [5, 5.41) is 2.47. The topological polar surface area (TPSA) is 30.7 Å². The summed E-state index contributed by atoms with van der Waals surface area (Å²) in [6.07, 6.45) is 1.84. The fourth-order valence-corrected chi connectivity index (χ4v) is 8.22. The van der Waals surface area contributed by atoms with Crippen LogP contribution in [0.3, 0.4) is 0 Å². The van der Waals surface area contributed by atoms with E-state index in [1.165, 1.54) is 66.3 Å². The summed E-state index contributed by atoms with van der Waals surface area (Å²) < 4.78 is 2.36. The molecule has 246 valence electrons. The molecular weight excluding hydrogens is 631 g/mol. The van der Waals surface area contributed by atoms with E-state index < -0.39 is 0 Å². The van der Waals surface area contributed by atoms with Crippen molar-refractivity contribution < 1.29 is 0 Å². The average Bonchev–Trinajstić information content (AvgIpc) is 3.66. The maximum Gasteiger partial charge on any atom is 0.159 e. The summed E-state index contributed by atoms with van der Waals surface area (Å²) in [4.78, 5) is 9.49. The minimum Gasteiger partial charge on any atom is -0.309 e. The van der Waals surface area contributed by atoms with Crippen molar-refractivity contribution in [1.29, 1.82) is 0 Å². The summed E-state index contributed by atoms with van der Waals surface area (Å²) in [6, 6.07) is 61.2. The molecule has 1 aliphatic carbocycles. The zero-order valence-electron chi connectivity index (χ0n) is 29.1. The van der Waals surface area contributed by atoms with E-state index in [-0.39, 0.29) is 5.41 Å². The van der Waals surface area contributed by atoms with Gasteiger partial charge in [-0.05, 0) is 105 Å². The van der Waals surface area contributed by atoms with Gasteiger partial charge in [0.1, 0.15) is 0 Å². The molecule has 0 aliphatic heterocycles. The summed E-state index contributed by atoms with van der Waals surface area (Å²) >= 11 is 0. The molecule has 0 unspecified atom stereocenters. The highest BCUT2D eigenvalue weighted by Crippen LogP contribution is 2.49. The molecule has 3 nitrogen and oxygen atoms in total. The number of aromatic nitrogens is 3. The molecule has 52 heavy (non-hydrogen) atoms. The summed E-state index contributed by atoms with van der Waals surface area (Å²) in [6.45, 7) is 4.69. The van der Waals surface area contributed by atoms with Crippen LogP contribution in [-0.4, -0.2) is 14.5 Å². The van der Waals surface area contributed by atoms with Crippen molar-refractivity contribution in [2.24, 2.45) is 0 Å². The molecule has 0 radical (unpaired) electrons. The van der Waals surface area contributed by atoms with Gasteiger partial charge in [0.15, 0.2) is 5.82 Å². The van der Waals surface area contributed by atoms with Crippen LogP contribution >= 0.6 is 0 Å². The van der Waals surface area contributed by atoms with E-state index in [0.717, 1.165) is 28.3 Å². The molecule has 0 N–H and O–H groups in total. The van der Waals surface area contributed by atoms with E-state index in [4.69, 9.17) is 4.98 Å². The largest absolute Gasteiger partial charge is 0.309 e. The van der Waals surface area contributed by atoms with E-state index in [1.54, 1.807) is 0 Å². The Bertz CT molecular complexity index is 2810. The molecule has 10 rings (SSSR count). The van der Waals surface area contributed by atoms with Gasteiger partial charge >= 0.3 is 0 Å². The van der Waals surface area contributed by atoms with E-state index in [0.29, 0.717) is 0 Å². The number of hydrogen-bond donors (Lipinski definition) is 0. The second-order valence-corrected chi connectivity index (χ2v) is 14.3. The van der Waals surface area contributed by atoms with Crippen LogP contribution in [0.15, 0.2) is 176 Å². The Labute approximate surface area is 303 Å². The van der Waals surface area contributed by atoms with Crippen LogP contribution in [-0.2, 0) is 5.41 Å². The normalized spacial score (nSPS) is 13.0. The predicted octanol–water partition coefficient (Wildman–Crippen LogP) is 12.5. The lowest BCUT2D eigenvalue weighted by Crippen LogP contribution is -2.14. The first kappa shape index (κ1) is 30.3. The van der Waals surface area contributed by atoms with Crippen molar-refractivity contribution in [3.63, 3.8) is 0 Å². The molecule has 2 heterocycles. The second kappa shape index (κ2) is 11.8. The van der Waals surface area contributed by atoms with Gasteiger partial charge in [0.05, 0.1) is 16.7 Å². The van der Waals surface area contributed by atoms with Gasteiger partial charge in [-0.2, -0.15) is 0 Å². The van der Waals surface area contributed by atoms with Gasteiger partial charge in [-0.25, -0.2) is 9.97 Å². The first-order chi connectivity index (χ1) is 25.5. The number of nitrogens with zero attached hydrogens (tertiary/aromatic N) is 3. The molecule has 0 atom stereocenters. The van der Waals surface area contributed by atoms with Crippen LogP contribution in [0.5, 0.6) is 0 Å². The quantitative estimate of drug-likeness (QED) is 0.183. The Morgan fingerprint density at radius 1 is 0.442 bits per heavy atom. The lowest BCUT2D eigenvalue weighted by molar-refractivity contribution is 0.660. The maximum atomic E-state index is 4.88. The van der Waals surface area contributed by atoms with Crippen LogP contribution in [0.1, 0.15) is 25.0 Å². The molecule has 0 amide bonds. The average molecular weight is 666 g/mol. The lowest BCUT2D eigenvalue weighted by Gasteiger charge is -2.22. The van der Waals surface area contributed by atoms with Crippen molar-refractivity contribution in [3.8, 4) is 61.7 Å². The molecule has 2 aromatic heterocycles. The molecule has 1 aliphatic rings. The monoisotopic (exact) mass is 665 g/mol. The van der Waals surface area contributed by atoms with E-state index in [2.05, 4.69) is 169 Å². The third kappa shape index (κ3) is 4.81. The Hall–Kier alpha value is -6.58. The van der Waals surface area contributed by atoms with E-state index in [1.807, 2.05) is 30.5 Å². The first-order valence-corrected chi connectivity index (χ1v) is 17.9. The van der Waals surface area contributed by atoms with E-state index in [9.17, 15) is 0 Å². The number of rotatable bonds is 5. The Balaban J connectivity index is 1.01. The smallest absolute Gasteiger partial charge is 0.159 e. The van der Waals surface area contributed by atoms with Gasteiger partial charge in [-0.1, -0.05) is 123 Å². The maximum absolute atomic E-state index is 4.88. The van der Waals surface area contributed by atoms with E-state index >= 15 is 0 Å². The van der Waals surface area contributed by atoms with Gasteiger partial charge in [0, 0.05) is 39.2 Å². The Morgan fingerprint density at radius 3 is 1.92 bits per heavy atom. The fraction of sp³-hybridized carbons (Fsp3) is 0.0612. The highest BCUT2D eigenvalue weighted by Gasteiger charge is 2.35. The standard InChI is InChI=1S/C49H35N3/c1-49(2)43-17-8-6-15-39(43)40-25-21-37(31-44(40)49)35-14-10-13-34(29-35)36-22-26-47-42(30-36)41-16-7-9-18-46(41)52(47)38-23-19-33(20-24-38)48-50-28-27-45(51-48)32-11-4-3-5-12-32/h3-31H,1-2H3. The van der Waals surface area contributed by atoms with Crippen molar-refractivity contribution in [3.05, 3.63) is 187 Å². The Morgan fingerprint density at radius 2 is 1.08 bits per heavy atom. The lowest BCUT2D eigenvalue weighted by atomic mass is 9.81. The highest BCUT2D eigenvalue weighted by atomic mass is 15.0. The van der Waals surface area contributed by atoms with Crippen molar-refractivity contribution in [2.75, 3.05) is 0 Å². The molecule has 0 saturated heterocycles. The number of benzene rings is 7. The van der Waals surface area contributed by atoms with Gasteiger partial charge < -0.3 is 4.57 Å². The zero-order valence-corrected chi connectivity index (χ0v) is 29.1. The number of para-hydroxylation sites is 1. The molecule has 0 saturated carbocycles. The van der Waals surface area contributed by atoms with Crippen molar-refractivity contribution >= 4 is 21.8 Å². The third-order valence-electron chi connectivity index (χ3n) is 10.9. The van der Waals surface area contributed by atoms with Crippen LogP contribution in [0, 0.1) is 0 Å². The number of fused-ring (bicyclic) bond motifs is 6. The SMILES string of the molecule is CC1(C)c2ccccc2-c2ccc(-c3cccc(-c4ccc5c(c4)c4ccccc4n5-c4ccc(-c5nccc(-c6ccccc6)n5)cc4)c3)cc21. The number of hydrogen-bond acceptors (Lipinski definition) is 2. The van der Waals surface area contributed by atoms with Gasteiger partial charge in [-0.3, -0.25) is 0 Å². The molecule has 7 aromatic carbocycles. The summed E-state index contributed by atoms with van der Waals surface area (Å²) in [7, 11) is 0. The van der Waals surface area contributed by atoms with Crippen molar-refractivity contribution in [2.45, 2.75) is 19.3 Å². The third-order valence-corrected chi connectivity index (χ3v) is 10.9. The molecule has 3 heteroatoms. The minimum atomic E-state index is -0.0274. The Kier molecular flexibility index (Phi) is 6.84. The van der Waals surface area contributed by atoms with Gasteiger partial charge in [-0.15, -0.1) is 0 Å². The van der Waals surface area contributed by atoms with Gasteiger partial charge in [0.2, 0.25) is 0 Å². The first-order valence-electron chi connectivity index (χ1n) is 17.9. The van der Waals surface area contributed by atoms with Crippen LogP contribution in [0.4, 0.5) is 0 Å². The molecule has 9 aromatic rings. The predicted molar refractivity (Wildman–Crippen MR) is 216 cm³/mol. The molecule has 0 fully saturated rings. The zero-order chi connectivity index (χ0) is 34.8. The molecule has 0 spiro atoms. The van der Waals surface area contributed by atoms with Crippen LogP contribution in [0.25, 0.3) is 83.5 Å². The van der Waals surface area contributed by atoms with Crippen LogP contribution < -0.4 is 0 Å². The molecular formula is C49H35N3. The summed E-state index contributed by atoms with van der Waals surface area (Å²) in [5.74, 6) is 0.718. The minimum absolute atomic E-state index is 0.0274. The van der Waals surface area contributed by atoms with Gasteiger partial charge in [0.25, 0.3) is 0 Å². The second-order valence-electron chi connectivity index (χ2n) is 14.3.